The average Bonchev–Trinajstić information content (AvgIpc) is 2.39. The Balaban J connectivity index is 2.72. The van der Waals surface area contributed by atoms with E-state index in [-0.39, 0.29) is 6.61 Å². The minimum Gasteiger partial charge on any atom is -0.394 e. The van der Waals surface area contributed by atoms with Crippen LogP contribution in [0.4, 0.5) is 5.69 Å². The Kier molecular flexibility index (Phi) is 5.51. The first-order valence-electron chi connectivity index (χ1n) is 6.28. The summed E-state index contributed by atoms with van der Waals surface area (Å²) in [6.45, 7) is 5.37. The van der Waals surface area contributed by atoms with Crippen LogP contribution in [0.2, 0.25) is 0 Å². The van der Waals surface area contributed by atoms with Crippen molar-refractivity contribution in [3.8, 4) is 0 Å². The molecule has 2 amide bonds. The predicted octanol–water partition coefficient (Wildman–Crippen LogP) is 1.13. The quantitative estimate of drug-likeness (QED) is 0.713. The predicted molar refractivity (Wildman–Crippen MR) is 73.9 cm³/mol. The Morgan fingerprint density at radius 3 is 2.26 bits per heavy atom. The van der Waals surface area contributed by atoms with E-state index >= 15 is 0 Å². The van der Waals surface area contributed by atoms with Gasteiger partial charge in [0.2, 0.25) is 0 Å². The lowest BCUT2D eigenvalue weighted by molar-refractivity contribution is -0.136. The smallest absolute Gasteiger partial charge is 0.313 e. The molecule has 0 saturated heterocycles. The molecule has 1 aromatic carbocycles. The second kappa shape index (κ2) is 6.89. The van der Waals surface area contributed by atoms with Crippen LogP contribution in [0.1, 0.15) is 24.5 Å². The van der Waals surface area contributed by atoms with E-state index in [0.717, 1.165) is 11.1 Å². The van der Waals surface area contributed by atoms with E-state index in [9.17, 15) is 9.59 Å². The van der Waals surface area contributed by atoms with Gasteiger partial charge in [-0.1, -0.05) is 25.1 Å². The zero-order chi connectivity index (χ0) is 14.4. The zero-order valence-corrected chi connectivity index (χ0v) is 11.5. The van der Waals surface area contributed by atoms with Crippen LogP contribution < -0.4 is 10.6 Å². The maximum atomic E-state index is 11.8. The molecule has 1 atom stereocenters. The second-order valence-electron chi connectivity index (χ2n) is 4.48. The number of aryl methyl sites for hydroxylation is 2. The fourth-order valence-corrected chi connectivity index (χ4v) is 1.71. The normalized spacial score (nSPS) is 11.8. The van der Waals surface area contributed by atoms with Gasteiger partial charge in [0.1, 0.15) is 0 Å². The number of rotatable bonds is 4. The van der Waals surface area contributed by atoms with E-state index in [4.69, 9.17) is 5.11 Å². The molecule has 5 nitrogen and oxygen atoms in total. The fourth-order valence-electron chi connectivity index (χ4n) is 1.71. The van der Waals surface area contributed by atoms with Crippen molar-refractivity contribution in [2.45, 2.75) is 33.2 Å². The van der Waals surface area contributed by atoms with E-state index in [0.29, 0.717) is 12.1 Å². The number of amides is 2. The Morgan fingerprint density at radius 2 is 1.79 bits per heavy atom. The van der Waals surface area contributed by atoms with Crippen LogP contribution >= 0.6 is 0 Å². The molecule has 0 aliphatic rings. The molecular weight excluding hydrogens is 244 g/mol. The third kappa shape index (κ3) is 4.06. The maximum Gasteiger partial charge on any atom is 0.313 e. The number of para-hydroxylation sites is 1. The van der Waals surface area contributed by atoms with E-state index in [1.807, 2.05) is 39.0 Å². The molecule has 19 heavy (non-hydrogen) atoms. The van der Waals surface area contributed by atoms with E-state index < -0.39 is 17.9 Å². The number of hydrogen-bond donors (Lipinski definition) is 3. The number of anilines is 1. The first-order valence-corrected chi connectivity index (χ1v) is 6.28. The Labute approximate surface area is 113 Å². The summed E-state index contributed by atoms with van der Waals surface area (Å²) >= 11 is 0. The van der Waals surface area contributed by atoms with Gasteiger partial charge in [-0.05, 0) is 31.4 Å². The van der Waals surface area contributed by atoms with Gasteiger partial charge in [-0.3, -0.25) is 9.59 Å². The van der Waals surface area contributed by atoms with Crippen molar-refractivity contribution in [3.63, 3.8) is 0 Å². The van der Waals surface area contributed by atoms with E-state index in [2.05, 4.69) is 10.6 Å². The summed E-state index contributed by atoms with van der Waals surface area (Å²) in [7, 11) is 0. The van der Waals surface area contributed by atoms with Crippen LogP contribution in [0.5, 0.6) is 0 Å². The van der Waals surface area contributed by atoms with Gasteiger partial charge >= 0.3 is 11.8 Å². The minimum atomic E-state index is -0.733. The zero-order valence-electron chi connectivity index (χ0n) is 11.5. The standard InChI is InChI=1S/C14H20N2O3/c1-4-11(8-17)15-13(18)14(19)16-12-9(2)6-5-7-10(12)3/h5-7,11,17H,4,8H2,1-3H3,(H,15,18)(H,16,19)/t11-/m0/s1. The highest BCUT2D eigenvalue weighted by atomic mass is 16.3. The van der Waals surface area contributed by atoms with Gasteiger partial charge in [0, 0.05) is 5.69 Å². The summed E-state index contributed by atoms with van der Waals surface area (Å²) in [5.41, 5.74) is 2.45. The number of benzene rings is 1. The van der Waals surface area contributed by atoms with Crippen LogP contribution in [0, 0.1) is 13.8 Å². The molecule has 0 saturated carbocycles. The molecule has 1 rings (SSSR count). The second-order valence-corrected chi connectivity index (χ2v) is 4.48. The summed E-state index contributed by atoms with van der Waals surface area (Å²) in [6, 6.07) is 5.22. The molecule has 0 aliphatic heterocycles. The molecule has 104 valence electrons. The van der Waals surface area contributed by atoms with Gasteiger partial charge in [-0.2, -0.15) is 0 Å². The van der Waals surface area contributed by atoms with Gasteiger partial charge in [0.15, 0.2) is 0 Å². The molecule has 0 heterocycles. The van der Waals surface area contributed by atoms with Crippen molar-refractivity contribution in [1.29, 1.82) is 0 Å². The van der Waals surface area contributed by atoms with Gasteiger partial charge in [-0.15, -0.1) is 0 Å². The molecule has 0 aliphatic carbocycles. The van der Waals surface area contributed by atoms with Crippen molar-refractivity contribution >= 4 is 17.5 Å². The summed E-state index contributed by atoms with van der Waals surface area (Å²) in [4.78, 5) is 23.4. The largest absolute Gasteiger partial charge is 0.394 e. The fraction of sp³-hybridized carbons (Fsp3) is 0.429. The SMILES string of the molecule is CC[C@@H](CO)NC(=O)C(=O)Nc1c(C)cccc1C. The molecule has 1 aromatic rings. The Morgan fingerprint density at radius 1 is 1.21 bits per heavy atom. The van der Waals surface area contributed by atoms with Crippen LogP contribution in [0.3, 0.4) is 0 Å². The number of nitrogens with one attached hydrogen (secondary N) is 2. The minimum absolute atomic E-state index is 0.182. The van der Waals surface area contributed by atoms with Gasteiger partial charge in [-0.25, -0.2) is 0 Å². The number of aliphatic hydroxyl groups is 1. The molecule has 0 bridgehead atoms. The highest BCUT2D eigenvalue weighted by Gasteiger charge is 2.18. The van der Waals surface area contributed by atoms with Gasteiger partial charge in [0.25, 0.3) is 0 Å². The van der Waals surface area contributed by atoms with Crippen LogP contribution in [0.25, 0.3) is 0 Å². The highest BCUT2D eigenvalue weighted by molar-refractivity contribution is 6.39. The van der Waals surface area contributed by atoms with Crippen molar-refractivity contribution in [3.05, 3.63) is 29.3 Å². The third-order valence-corrected chi connectivity index (χ3v) is 2.97. The van der Waals surface area contributed by atoms with Crippen LogP contribution in [0.15, 0.2) is 18.2 Å². The third-order valence-electron chi connectivity index (χ3n) is 2.97. The lowest BCUT2D eigenvalue weighted by atomic mass is 10.1. The number of aliphatic hydroxyl groups excluding tert-OH is 1. The first kappa shape index (κ1) is 15.2. The molecule has 0 radical (unpaired) electrons. The molecule has 0 aromatic heterocycles. The molecular formula is C14H20N2O3. The van der Waals surface area contributed by atoms with Crippen LogP contribution in [-0.4, -0.2) is 29.6 Å². The summed E-state index contributed by atoms with van der Waals surface area (Å²) < 4.78 is 0. The Hall–Kier alpha value is -1.88. The van der Waals surface area contributed by atoms with Crippen molar-refractivity contribution in [2.24, 2.45) is 0 Å². The molecule has 0 unspecified atom stereocenters. The monoisotopic (exact) mass is 264 g/mol. The van der Waals surface area contributed by atoms with Gasteiger partial charge in [0.05, 0.1) is 12.6 Å². The average molecular weight is 264 g/mol. The summed E-state index contributed by atoms with van der Waals surface area (Å²) in [6.07, 6.45) is 0.568. The molecule has 0 fully saturated rings. The summed E-state index contributed by atoms with van der Waals surface area (Å²) in [5.74, 6) is -1.45. The lowest BCUT2D eigenvalue weighted by Crippen LogP contribution is -2.43. The molecule has 5 heteroatoms. The topological polar surface area (TPSA) is 78.4 Å². The first-order chi connectivity index (χ1) is 8.99. The highest BCUT2D eigenvalue weighted by Crippen LogP contribution is 2.19. The van der Waals surface area contributed by atoms with E-state index in [1.165, 1.54) is 0 Å². The van der Waals surface area contributed by atoms with Gasteiger partial charge < -0.3 is 15.7 Å². The van der Waals surface area contributed by atoms with E-state index in [1.54, 1.807) is 0 Å². The lowest BCUT2D eigenvalue weighted by Gasteiger charge is -2.15. The van der Waals surface area contributed by atoms with Crippen molar-refractivity contribution < 1.29 is 14.7 Å². The molecule has 3 N–H and O–H groups in total. The maximum absolute atomic E-state index is 11.8. The van der Waals surface area contributed by atoms with Crippen molar-refractivity contribution in [1.82, 2.24) is 5.32 Å². The molecule has 0 spiro atoms. The summed E-state index contributed by atoms with van der Waals surface area (Å²) in [5, 5.41) is 14.1. The number of carbonyl (C=O) groups excluding carboxylic acids is 2. The Bertz CT molecular complexity index is 448. The van der Waals surface area contributed by atoms with Crippen molar-refractivity contribution in [2.75, 3.05) is 11.9 Å². The number of carbonyl (C=O) groups is 2. The number of hydrogen-bond acceptors (Lipinski definition) is 3. The van der Waals surface area contributed by atoms with Crippen LogP contribution in [-0.2, 0) is 9.59 Å².